The largest absolute Gasteiger partial charge is 0.497 e. The second-order valence-electron chi connectivity index (χ2n) is 6.79. The Bertz CT molecular complexity index is 1140. The zero-order valence-electron chi connectivity index (χ0n) is 15.1. The van der Waals surface area contributed by atoms with E-state index in [1.807, 2.05) is 12.1 Å². The molecular weight excluding hydrogens is 332 g/mol. The van der Waals surface area contributed by atoms with Crippen molar-refractivity contribution in [2.75, 3.05) is 7.11 Å². The predicted octanol–water partition coefficient (Wildman–Crippen LogP) is 5.84. The molecule has 0 aliphatic heterocycles. The summed E-state index contributed by atoms with van der Waals surface area (Å²) >= 11 is 0. The summed E-state index contributed by atoms with van der Waals surface area (Å²) in [5, 5.41) is 2.51. The van der Waals surface area contributed by atoms with E-state index in [0.717, 1.165) is 16.8 Å². The van der Waals surface area contributed by atoms with E-state index in [0.29, 0.717) is 0 Å². The number of fused-ring (bicyclic) bond motifs is 2. The molecule has 0 unspecified atom stereocenters. The van der Waals surface area contributed by atoms with Crippen LogP contribution in [0.2, 0.25) is 0 Å². The molecular formula is C24H20N2O. The Kier molecular flexibility index (Phi) is 3.72. The first-order chi connectivity index (χ1) is 13.3. The summed E-state index contributed by atoms with van der Waals surface area (Å²) in [6, 6.07) is 25.3. The van der Waals surface area contributed by atoms with Crippen molar-refractivity contribution in [3.05, 3.63) is 102 Å². The minimum atomic E-state index is 0.128. The molecule has 0 fully saturated rings. The van der Waals surface area contributed by atoms with Crippen LogP contribution in [0.5, 0.6) is 5.75 Å². The van der Waals surface area contributed by atoms with Crippen LogP contribution in [0.4, 0.5) is 0 Å². The lowest BCUT2D eigenvalue weighted by Gasteiger charge is -2.18. The molecule has 132 valence electrons. The van der Waals surface area contributed by atoms with Crippen LogP contribution in [0.15, 0.2) is 85.2 Å². The Balaban J connectivity index is 1.76. The van der Waals surface area contributed by atoms with Crippen LogP contribution in [0.25, 0.3) is 21.8 Å². The maximum Gasteiger partial charge on any atom is 0.118 e. The SMILES string of the molecule is COc1ccc(C(c2c[nH]c3ccccc23)c2c[nH]c3ccccc23)cc1. The fraction of sp³-hybridized carbons (Fsp3) is 0.0833. The van der Waals surface area contributed by atoms with Gasteiger partial charge in [0.25, 0.3) is 0 Å². The lowest BCUT2D eigenvalue weighted by Crippen LogP contribution is -2.02. The van der Waals surface area contributed by atoms with Crippen LogP contribution in [0.3, 0.4) is 0 Å². The minimum absolute atomic E-state index is 0.128. The molecule has 0 spiro atoms. The Morgan fingerprint density at radius 1 is 0.667 bits per heavy atom. The molecule has 0 aliphatic rings. The highest BCUT2D eigenvalue weighted by Gasteiger charge is 2.23. The fourth-order valence-electron chi connectivity index (χ4n) is 3.99. The standard InChI is InChI=1S/C24H20N2O/c1-27-17-12-10-16(11-13-17)24(20-14-25-22-8-4-2-6-18(20)22)21-15-26-23-9-5-3-7-19(21)23/h2-15,24-26H,1H3. The van der Waals surface area contributed by atoms with E-state index in [1.165, 1.54) is 27.5 Å². The van der Waals surface area contributed by atoms with Crippen molar-refractivity contribution in [2.45, 2.75) is 5.92 Å². The number of aromatic nitrogens is 2. The number of rotatable bonds is 4. The molecule has 3 aromatic carbocycles. The first-order valence-electron chi connectivity index (χ1n) is 9.11. The number of aromatic amines is 2. The lowest BCUT2D eigenvalue weighted by molar-refractivity contribution is 0.414. The number of hydrogen-bond donors (Lipinski definition) is 2. The second kappa shape index (κ2) is 6.36. The Labute approximate surface area is 157 Å². The van der Waals surface area contributed by atoms with Crippen molar-refractivity contribution in [1.29, 1.82) is 0 Å². The highest BCUT2D eigenvalue weighted by Crippen LogP contribution is 2.39. The molecule has 3 nitrogen and oxygen atoms in total. The molecule has 5 rings (SSSR count). The smallest absolute Gasteiger partial charge is 0.118 e. The Morgan fingerprint density at radius 2 is 1.19 bits per heavy atom. The quantitative estimate of drug-likeness (QED) is 0.419. The summed E-state index contributed by atoms with van der Waals surface area (Å²) in [7, 11) is 1.70. The molecule has 2 aromatic heterocycles. The minimum Gasteiger partial charge on any atom is -0.497 e. The predicted molar refractivity (Wildman–Crippen MR) is 111 cm³/mol. The molecule has 0 saturated carbocycles. The van der Waals surface area contributed by atoms with E-state index in [9.17, 15) is 0 Å². The van der Waals surface area contributed by atoms with Crippen molar-refractivity contribution in [3.8, 4) is 5.75 Å². The van der Waals surface area contributed by atoms with Gasteiger partial charge >= 0.3 is 0 Å². The molecule has 0 amide bonds. The number of para-hydroxylation sites is 2. The number of benzene rings is 3. The van der Waals surface area contributed by atoms with Crippen LogP contribution in [-0.2, 0) is 0 Å². The van der Waals surface area contributed by atoms with Crippen LogP contribution in [0, 0.1) is 0 Å². The van der Waals surface area contributed by atoms with Gasteiger partial charge in [-0.25, -0.2) is 0 Å². The van der Waals surface area contributed by atoms with Crippen LogP contribution in [0.1, 0.15) is 22.6 Å². The van der Waals surface area contributed by atoms with Crippen molar-refractivity contribution in [3.63, 3.8) is 0 Å². The summed E-state index contributed by atoms with van der Waals surface area (Å²) in [6.07, 6.45) is 4.28. The fourth-order valence-corrected chi connectivity index (χ4v) is 3.99. The maximum atomic E-state index is 5.36. The molecule has 0 aliphatic carbocycles. The number of nitrogens with one attached hydrogen (secondary N) is 2. The van der Waals surface area contributed by atoms with Gasteiger partial charge in [0.2, 0.25) is 0 Å². The van der Waals surface area contributed by atoms with Gasteiger partial charge in [-0.1, -0.05) is 48.5 Å². The summed E-state index contributed by atoms with van der Waals surface area (Å²) in [6.45, 7) is 0. The van der Waals surface area contributed by atoms with E-state index in [2.05, 4.69) is 83.0 Å². The molecule has 0 atom stereocenters. The normalized spacial score (nSPS) is 11.5. The zero-order valence-corrected chi connectivity index (χ0v) is 15.1. The highest BCUT2D eigenvalue weighted by atomic mass is 16.5. The van der Waals surface area contributed by atoms with Gasteiger partial charge in [0.15, 0.2) is 0 Å². The van der Waals surface area contributed by atoms with Gasteiger partial charge in [-0.3, -0.25) is 0 Å². The van der Waals surface area contributed by atoms with Gasteiger partial charge < -0.3 is 14.7 Å². The first kappa shape index (κ1) is 15.8. The molecule has 27 heavy (non-hydrogen) atoms. The third-order valence-electron chi connectivity index (χ3n) is 5.31. The van der Waals surface area contributed by atoms with Gasteiger partial charge in [-0.15, -0.1) is 0 Å². The third-order valence-corrected chi connectivity index (χ3v) is 5.31. The van der Waals surface area contributed by atoms with Gasteiger partial charge in [-0.05, 0) is 41.0 Å². The van der Waals surface area contributed by atoms with Gasteiger partial charge in [0, 0.05) is 40.1 Å². The summed E-state index contributed by atoms with van der Waals surface area (Å²) in [5.74, 6) is 0.999. The monoisotopic (exact) mass is 352 g/mol. The highest BCUT2D eigenvalue weighted by molar-refractivity contribution is 5.89. The molecule has 2 N–H and O–H groups in total. The van der Waals surface area contributed by atoms with Crippen molar-refractivity contribution >= 4 is 21.8 Å². The topological polar surface area (TPSA) is 40.8 Å². The van der Waals surface area contributed by atoms with Crippen molar-refractivity contribution in [2.24, 2.45) is 0 Å². The van der Waals surface area contributed by atoms with Crippen LogP contribution in [-0.4, -0.2) is 17.1 Å². The second-order valence-corrected chi connectivity index (χ2v) is 6.79. The molecule has 5 aromatic rings. The number of hydrogen-bond acceptors (Lipinski definition) is 1. The molecule has 0 saturated heterocycles. The molecule has 2 heterocycles. The molecule has 0 bridgehead atoms. The summed E-state index contributed by atoms with van der Waals surface area (Å²) in [4.78, 5) is 6.87. The van der Waals surface area contributed by atoms with Crippen LogP contribution >= 0.6 is 0 Å². The Morgan fingerprint density at radius 3 is 1.70 bits per heavy atom. The zero-order chi connectivity index (χ0) is 18.2. The van der Waals surface area contributed by atoms with Crippen molar-refractivity contribution < 1.29 is 4.74 Å². The number of ether oxygens (including phenoxy) is 1. The summed E-state index contributed by atoms with van der Waals surface area (Å²) in [5.41, 5.74) is 6.11. The summed E-state index contributed by atoms with van der Waals surface area (Å²) < 4.78 is 5.36. The van der Waals surface area contributed by atoms with E-state index in [1.54, 1.807) is 7.11 Å². The van der Waals surface area contributed by atoms with E-state index in [4.69, 9.17) is 4.74 Å². The third kappa shape index (κ3) is 2.59. The van der Waals surface area contributed by atoms with E-state index >= 15 is 0 Å². The maximum absolute atomic E-state index is 5.36. The molecule has 0 radical (unpaired) electrons. The van der Waals surface area contributed by atoms with Crippen LogP contribution < -0.4 is 4.74 Å². The Hall–Kier alpha value is -3.46. The van der Waals surface area contributed by atoms with Gasteiger partial charge in [-0.2, -0.15) is 0 Å². The lowest BCUT2D eigenvalue weighted by atomic mass is 9.85. The van der Waals surface area contributed by atoms with Gasteiger partial charge in [0.1, 0.15) is 5.75 Å². The average molecular weight is 352 g/mol. The first-order valence-corrected chi connectivity index (χ1v) is 9.11. The van der Waals surface area contributed by atoms with Crippen molar-refractivity contribution in [1.82, 2.24) is 9.97 Å². The number of H-pyrrole nitrogens is 2. The average Bonchev–Trinajstić information content (AvgIpc) is 3.34. The van der Waals surface area contributed by atoms with E-state index < -0.39 is 0 Å². The van der Waals surface area contributed by atoms with Gasteiger partial charge in [0.05, 0.1) is 7.11 Å². The van der Waals surface area contributed by atoms with E-state index in [-0.39, 0.29) is 5.92 Å². The number of methoxy groups -OCH3 is 1. The molecule has 3 heteroatoms.